The van der Waals surface area contributed by atoms with Gasteiger partial charge in [-0.2, -0.15) is 0 Å². The molecule has 0 atom stereocenters. The lowest BCUT2D eigenvalue weighted by atomic mass is 10.2. The molecule has 136 valence electrons. The van der Waals surface area contributed by atoms with Gasteiger partial charge in [-0.3, -0.25) is 9.59 Å². The second kappa shape index (κ2) is 9.53. The number of carbonyl (C=O) groups excluding carboxylic acids is 3. The fraction of sp³-hybridized carbons (Fsp3) is 0.211. The molecule has 0 aliphatic carbocycles. The van der Waals surface area contributed by atoms with Crippen LogP contribution in [0.3, 0.4) is 0 Å². The Morgan fingerprint density at radius 3 is 2.58 bits per heavy atom. The zero-order valence-electron chi connectivity index (χ0n) is 14.6. The minimum Gasteiger partial charge on any atom is -0.452 e. The summed E-state index contributed by atoms with van der Waals surface area (Å²) in [5.41, 5.74) is 1.75. The lowest BCUT2D eigenvalue weighted by molar-refractivity contribution is -0.148. The maximum atomic E-state index is 12.0. The number of thiophene rings is 1. The number of aryl methyl sites for hydroxylation is 1. The van der Waals surface area contributed by atoms with Crippen LogP contribution in [0.4, 0.5) is 5.69 Å². The van der Waals surface area contributed by atoms with Gasteiger partial charge in [-0.25, -0.2) is 4.79 Å². The first-order valence-electron chi connectivity index (χ1n) is 7.93. The molecule has 2 aromatic rings. The van der Waals surface area contributed by atoms with Crippen molar-refractivity contribution in [3.8, 4) is 0 Å². The minimum atomic E-state index is -0.607. The molecule has 0 bridgehead atoms. The summed E-state index contributed by atoms with van der Waals surface area (Å²) in [6.45, 7) is 1.41. The molecule has 0 radical (unpaired) electrons. The van der Waals surface area contributed by atoms with Crippen molar-refractivity contribution in [1.29, 1.82) is 0 Å². The van der Waals surface area contributed by atoms with Gasteiger partial charge in [-0.05, 0) is 36.6 Å². The van der Waals surface area contributed by atoms with Crippen LogP contribution < -0.4 is 5.32 Å². The molecule has 1 N–H and O–H groups in total. The maximum absolute atomic E-state index is 12.0. The third-order valence-corrected chi connectivity index (χ3v) is 4.24. The predicted molar refractivity (Wildman–Crippen MR) is 102 cm³/mol. The quantitative estimate of drug-likeness (QED) is 0.599. The molecule has 0 aliphatic heterocycles. The van der Waals surface area contributed by atoms with Gasteiger partial charge in [0.05, 0.1) is 6.54 Å². The van der Waals surface area contributed by atoms with Gasteiger partial charge in [0.2, 0.25) is 5.91 Å². The number of hydrogen-bond acceptors (Lipinski definition) is 5. The number of likely N-dealkylation sites (N-methyl/N-ethyl adjacent to an activating group) is 1. The third-order valence-electron chi connectivity index (χ3n) is 3.41. The minimum absolute atomic E-state index is 0.130. The van der Waals surface area contributed by atoms with E-state index in [9.17, 15) is 14.4 Å². The number of amides is 2. The van der Waals surface area contributed by atoms with Gasteiger partial charge < -0.3 is 15.0 Å². The molecule has 2 amide bonds. The Hall–Kier alpha value is -2.93. The molecule has 1 heterocycles. The van der Waals surface area contributed by atoms with Crippen LogP contribution in [0.25, 0.3) is 6.08 Å². The molecule has 0 saturated carbocycles. The number of nitrogens with zero attached hydrogens (tertiary/aromatic N) is 1. The van der Waals surface area contributed by atoms with Crippen LogP contribution in [-0.4, -0.2) is 42.9 Å². The van der Waals surface area contributed by atoms with Crippen molar-refractivity contribution in [1.82, 2.24) is 4.90 Å². The molecule has 1 aromatic carbocycles. The van der Waals surface area contributed by atoms with Crippen molar-refractivity contribution in [2.75, 3.05) is 25.5 Å². The normalized spacial score (nSPS) is 10.5. The van der Waals surface area contributed by atoms with Crippen molar-refractivity contribution in [2.24, 2.45) is 0 Å². The van der Waals surface area contributed by atoms with Crippen LogP contribution in [0.15, 0.2) is 47.9 Å². The van der Waals surface area contributed by atoms with E-state index in [0.29, 0.717) is 5.69 Å². The highest BCUT2D eigenvalue weighted by Crippen LogP contribution is 2.10. The van der Waals surface area contributed by atoms with Crippen LogP contribution in [-0.2, 0) is 19.1 Å². The van der Waals surface area contributed by atoms with Gasteiger partial charge in [0.1, 0.15) is 0 Å². The Bertz CT molecular complexity index is 782. The number of hydrogen-bond donors (Lipinski definition) is 1. The van der Waals surface area contributed by atoms with Crippen molar-refractivity contribution >= 4 is 40.9 Å². The Morgan fingerprint density at radius 2 is 1.92 bits per heavy atom. The van der Waals surface area contributed by atoms with Crippen molar-refractivity contribution < 1.29 is 19.1 Å². The summed E-state index contributed by atoms with van der Waals surface area (Å²) >= 11 is 1.49. The zero-order chi connectivity index (χ0) is 18.9. The fourth-order valence-electron chi connectivity index (χ4n) is 1.97. The van der Waals surface area contributed by atoms with Gasteiger partial charge in [0.15, 0.2) is 6.61 Å². The summed E-state index contributed by atoms with van der Waals surface area (Å²) < 4.78 is 4.89. The molecule has 0 spiro atoms. The summed E-state index contributed by atoms with van der Waals surface area (Å²) in [7, 11) is 1.48. The Kier molecular flexibility index (Phi) is 7.11. The van der Waals surface area contributed by atoms with Gasteiger partial charge in [0, 0.05) is 23.7 Å². The van der Waals surface area contributed by atoms with Crippen molar-refractivity contribution in [2.45, 2.75) is 6.92 Å². The Morgan fingerprint density at radius 1 is 1.19 bits per heavy atom. The predicted octanol–water partition coefficient (Wildman–Crippen LogP) is 2.71. The standard InChI is InChI=1S/C19H20N2O4S/c1-14-5-7-15(8-6-14)20-17(22)12-21(2)18(23)13-25-19(24)10-9-16-4-3-11-26-16/h3-11H,12-13H2,1-2H3,(H,20,22)/b10-9-. The van der Waals surface area contributed by atoms with E-state index in [0.717, 1.165) is 10.4 Å². The second-order valence-corrected chi connectivity index (χ2v) is 6.60. The summed E-state index contributed by atoms with van der Waals surface area (Å²) in [6.07, 6.45) is 2.89. The molecule has 2 rings (SSSR count). The number of benzene rings is 1. The van der Waals surface area contributed by atoms with Crippen molar-refractivity contribution in [3.63, 3.8) is 0 Å². The first kappa shape index (κ1) is 19.4. The SMILES string of the molecule is Cc1ccc(NC(=O)CN(C)C(=O)COC(=O)/C=C\c2cccs2)cc1. The summed E-state index contributed by atoms with van der Waals surface area (Å²) in [6, 6.07) is 11.1. The van der Waals surface area contributed by atoms with E-state index in [4.69, 9.17) is 4.74 Å². The molecular weight excluding hydrogens is 352 g/mol. The molecule has 0 fully saturated rings. The summed E-state index contributed by atoms with van der Waals surface area (Å²) in [4.78, 5) is 37.6. The first-order chi connectivity index (χ1) is 12.4. The molecule has 6 nitrogen and oxygen atoms in total. The van der Waals surface area contributed by atoms with Crippen LogP contribution in [0.1, 0.15) is 10.4 Å². The first-order valence-corrected chi connectivity index (χ1v) is 8.81. The van der Waals surface area contributed by atoms with E-state index in [1.165, 1.54) is 29.4 Å². The fourth-order valence-corrected chi connectivity index (χ4v) is 2.59. The average Bonchev–Trinajstić information content (AvgIpc) is 3.13. The van der Waals surface area contributed by atoms with Gasteiger partial charge in [-0.15, -0.1) is 11.3 Å². The smallest absolute Gasteiger partial charge is 0.331 e. The molecule has 0 aliphatic rings. The van der Waals surface area contributed by atoms with Crippen LogP contribution in [0.5, 0.6) is 0 Å². The number of ether oxygens (including phenoxy) is 1. The molecule has 1 aromatic heterocycles. The van der Waals surface area contributed by atoms with Crippen LogP contribution >= 0.6 is 11.3 Å². The Balaban J connectivity index is 1.73. The summed E-state index contributed by atoms with van der Waals surface area (Å²) in [5, 5.41) is 4.60. The van der Waals surface area contributed by atoms with Gasteiger partial charge in [0.25, 0.3) is 5.91 Å². The zero-order valence-corrected chi connectivity index (χ0v) is 15.4. The van der Waals surface area contributed by atoms with E-state index in [1.54, 1.807) is 18.2 Å². The van der Waals surface area contributed by atoms with E-state index < -0.39 is 18.5 Å². The average molecular weight is 372 g/mol. The topological polar surface area (TPSA) is 75.7 Å². The highest BCUT2D eigenvalue weighted by Gasteiger charge is 2.14. The number of carbonyl (C=O) groups is 3. The van der Waals surface area contributed by atoms with E-state index in [1.807, 2.05) is 36.6 Å². The van der Waals surface area contributed by atoms with E-state index >= 15 is 0 Å². The largest absolute Gasteiger partial charge is 0.452 e. The van der Waals surface area contributed by atoms with Gasteiger partial charge in [-0.1, -0.05) is 23.8 Å². The van der Waals surface area contributed by atoms with Crippen LogP contribution in [0.2, 0.25) is 0 Å². The highest BCUT2D eigenvalue weighted by atomic mass is 32.1. The van der Waals surface area contributed by atoms with Crippen molar-refractivity contribution in [3.05, 3.63) is 58.3 Å². The monoisotopic (exact) mass is 372 g/mol. The van der Waals surface area contributed by atoms with E-state index in [-0.39, 0.29) is 12.5 Å². The third kappa shape index (κ3) is 6.52. The lowest BCUT2D eigenvalue weighted by Crippen LogP contribution is -2.37. The molecular formula is C19H20N2O4S. The summed E-state index contributed by atoms with van der Waals surface area (Å²) in [5.74, 6) is -1.39. The molecule has 0 saturated heterocycles. The molecule has 26 heavy (non-hydrogen) atoms. The van der Waals surface area contributed by atoms with E-state index in [2.05, 4.69) is 5.32 Å². The lowest BCUT2D eigenvalue weighted by Gasteiger charge is -2.16. The molecule has 7 heteroatoms. The maximum Gasteiger partial charge on any atom is 0.331 e. The number of nitrogens with one attached hydrogen (secondary N) is 1. The Labute approximate surface area is 156 Å². The number of rotatable bonds is 7. The number of esters is 1. The molecule has 0 unspecified atom stereocenters. The number of anilines is 1. The van der Waals surface area contributed by atoms with Crippen LogP contribution in [0, 0.1) is 6.92 Å². The van der Waals surface area contributed by atoms with Gasteiger partial charge >= 0.3 is 5.97 Å². The highest BCUT2D eigenvalue weighted by molar-refractivity contribution is 7.10. The second-order valence-electron chi connectivity index (χ2n) is 5.62.